The number of nitrogens with two attached hydrogens (primary N) is 1. The lowest BCUT2D eigenvalue weighted by Crippen LogP contribution is -2.26. The van der Waals surface area contributed by atoms with Gasteiger partial charge in [0, 0.05) is 24.8 Å². The van der Waals surface area contributed by atoms with E-state index in [4.69, 9.17) is 5.73 Å². The number of anilines is 1. The van der Waals surface area contributed by atoms with Crippen molar-refractivity contribution in [2.24, 2.45) is 5.73 Å². The molecule has 1 unspecified atom stereocenters. The third-order valence-electron chi connectivity index (χ3n) is 4.26. The zero-order valence-electron chi connectivity index (χ0n) is 14.5. The number of nitrogens with zero attached hydrogens (tertiary/aromatic N) is 1. The first-order valence-electron chi connectivity index (χ1n) is 8.72. The molecule has 0 bridgehead atoms. The topological polar surface area (TPSA) is 29.3 Å². The Morgan fingerprint density at radius 1 is 1.05 bits per heavy atom. The van der Waals surface area contributed by atoms with Gasteiger partial charge in [-0.1, -0.05) is 39.7 Å². The van der Waals surface area contributed by atoms with Crippen LogP contribution in [0.2, 0.25) is 0 Å². The molecule has 2 heteroatoms. The number of aryl methyl sites for hydroxylation is 1. The minimum atomic E-state index is 0.283. The molecule has 0 spiro atoms. The minimum absolute atomic E-state index is 0.283. The number of benzene rings is 1. The van der Waals surface area contributed by atoms with E-state index in [2.05, 4.69) is 50.8 Å². The Morgan fingerprint density at radius 3 is 2.14 bits per heavy atom. The maximum atomic E-state index is 6.09. The molecule has 0 saturated heterocycles. The Bertz CT molecular complexity index is 393. The largest absolute Gasteiger partial charge is 0.372 e. The molecule has 0 radical (unpaired) electrons. The van der Waals surface area contributed by atoms with E-state index >= 15 is 0 Å². The van der Waals surface area contributed by atoms with Gasteiger partial charge in [0.15, 0.2) is 0 Å². The number of hydrogen-bond acceptors (Lipinski definition) is 2. The lowest BCUT2D eigenvalue weighted by Gasteiger charge is -2.26. The first-order chi connectivity index (χ1) is 10.1. The smallest absolute Gasteiger partial charge is 0.0369 e. The summed E-state index contributed by atoms with van der Waals surface area (Å²) < 4.78 is 0. The molecule has 0 saturated carbocycles. The van der Waals surface area contributed by atoms with Crippen LogP contribution in [-0.4, -0.2) is 19.1 Å². The maximum Gasteiger partial charge on any atom is 0.0369 e. The van der Waals surface area contributed by atoms with Crippen molar-refractivity contribution in [1.82, 2.24) is 0 Å². The normalized spacial score (nSPS) is 12.4. The summed E-state index contributed by atoms with van der Waals surface area (Å²) in [4.78, 5) is 2.55. The predicted octanol–water partition coefficient (Wildman–Crippen LogP) is 4.68. The molecule has 1 atom stereocenters. The van der Waals surface area contributed by atoms with Crippen LogP contribution in [-0.2, 0) is 6.42 Å². The standard InChI is InChI=1S/C19H34N2/c1-5-8-12-21(13-9-6-2)19-11-10-17(16(4)14-19)15-18(20)7-3/h10-11,14,18H,5-9,12-13,15,20H2,1-4H3. The first-order valence-corrected chi connectivity index (χ1v) is 8.72. The van der Waals surface area contributed by atoms with Crippen molar-refractivity contribution < 1.29 is 0 Å². The van der Waals surface area contributed by atoms with Crippen molar-refractivity contribution in [3.8, 4) is 0 Å². The highest BCUT2D eigenvalue weighted by Gasteiger charge is 2.09. The van der Waals surface area contributed by atoms with Gasteiger partial charge >= 0.3 is 0 Å². The molecular weight excluding hydrogens is 256 g/mol. The predicted molar refractivity (Wildman–Crippen MR) is 95.2 cm³/mol. The Kier molecular flexibility index (Phi) is 8.44. The van der Waals surface area contributed by atoms with Crippen molar-refractivity contribution in [3.05, 3.63) is 29.3 Å². The molecule has 0 aliphatic carbocycles. The summed E-state index contributed by atoms with van der Waals surface area (Å²) in [6.07, 6.45) is 7.08. The summed E-state index contributed by atoms with van der Waals surface area (Å²) in [5, 5.41) is 0. The van der Waals surface area contributed by atoms with E-state index in [0.29, 0.717) is 0 Å². The third kappa shape index (κ3) is 6.09. The second-order valence-electron chi connectivity index (χ2n) is 6.18. The highest BCUT2D eigenvalue weighted by molar-refractivity contribution is 5.51. The number of hydrogen-bond donors (Lipinski definition) is 1. The van der Waals surface area contributed by atoms with E-state index in [-0.39, 0.29) is 6.04 Å². The molecule has 0 fully saturated rings. The summed E-state index contributed by atoms with van der Waals surface area (Å²) in [6, 6.07) is 7.20. The van der Waals surface area contributed by atoms with E-state index in [9.17, 15) is 0 Å². The second kappa shape index (κ2) is 9.83. The van der Waals surface area contributed by atoms with Crippen LogP contribution >= 0.6 is 0 Å². The van der Waals surface area contributed by atoms with Crippen LogP contribution < -0.4 is 10.6 Å². The van der Waals surface area contributed by atoms with Crippen LogP contribution in [0, 0.1) is 6.92 Å². The van der Waals surface area contributed by atoms with Crippen molar-refractivity contribution in [1.29, 1.82) is 0 Å². The summed E-state index contributed by atoms with van der Waals surface area (Å²) in [5.74, 6) is 0. The van der Waals surface area contributed by atoms with Gasteiger partial charge in [0.2, 0.25) is 0 Å². The summed E-state index contributed by atoms with van der Waals surface area (Å²) in [7, 11) is 0. The molecule has 0 aliphatic heterocycles. The molecule has 1 rings (SSSR count). The Hall–Kier alpha value is -1.02. The fourth-order valence-electron chi connectivity index (χ4n) is 2.60. The maximum absolute atomic E-state index is 6.09. The minimum Gasteiger partial charge on any atom is -0.372 e. The SMILES string of the molecule is CCCCN(CCCC)c1ccc(CC(N)CC)c(C)c1. The van der Waals surface area contributed by atoms with Gasteiger partial charge in [-0.05, 0) is 55.9 Å². The van der Waals surface area contributed by atoms with Gasteiger partial charge in [-0.15, -0.1) is 0 Å². The van der Waals surface area contributed by atoms with E-state index in [1.807, 2.05) is 0 Å². The van der Waals surface area contributed by atoms with Gasteiger partial charge in [-0.25, -0.2) is 0 Å². The molecule has 0 heterocycles. The number of unbranched alkanes of at least 4 members (excludes halogenated alkanes) is 2. The number of rotatable bonds is 10. The average Bonchev–Trinajstić information content (AvgIpc) is 2.49. The average molecular weight is 290 g/mol. The Balaban J connectivity index is 2.81. The first kappa shape index (κ1) is 18.0. The molecule has 0 amide bonds. The molecule has 0 aliphatic rings. The highest BCUT2D eigenvalue weighted by atomic mass is 15.1. The molecule has 2 N–H and O–H groups in total. The lowest BCUT2D eigenvalue weighted by atomic mass is 9.99. The quantitative estimate of drug-likeness (QED) is 0.678. The molecule has 2 nitrogen and oxygen atoms in total. The summed E-state index contributed by atoms with van der Waals surface area (Å²) in [6.45, 7) is 11.2. The van der Waals surface area contributed by atoms with Crippen LogP contribution in [0.3, 0.4) is 0 Å². The van der Waals surface area contributed by atoms with E-state index < -0.39 is 0 Å². The molecule has 0 aromatic heterocycles. The van der Waals surface area contributed by atoms with Crippen molar-refractivity contribution in [2.45, 2.75) is 72.3 Å². The molecular formula is C19H34N2. The molecule has 21 heavy (non-hydrogen) atoms. The fourth-order valence-corrected chi connectivity index (χ4v) is 2.60. The van der Waals surface area contributed by atoms with Crippen molar-refractivity contribution in [3.63, 3.8) is 0 Å². The summed E-state index contributed by atoms with van der Waals surface area (Å²) >= 11 is 0. The van der Waals surface area contributed by atoms with E-state index in [1.54, 1.807) is 0 Å². The van der Waals surface area contributed by atoms with Crippen molar-refractivity contribution in [2.75, 3.05) is 18.0 Å². The molecule has 1 aromatic rings. The molecule has 120 valence electrons. The zero-order valence-corrected chi connectivity index (χ0v) is 14.5. The van der Waals surface area contributed by atoms with Crippen LogP contribution in [0.1, 0.15) is 64.0 Å². The monoisotopic (exact) mass is 290 g/mol. The molecule has 1 aromatic carbocycles. The van der Waals surface area contributed by atoms with Gasteiger partial charge in [-0.3, -0.25) is 0 Å². The second-order valence-corrected chi connectivity index (χ2v) is 6.18. The highest BCUT2D eigenvalue weighted by Crippen LogP contribution is 2.21. The van der Waals surface area contributed by atoms with Crippen LogP contribution in [0.25, 0.3) is 0 Å². The van der Waals surface area contributed by atoms with Crippen LogP contribution in [0.4, 0.5) is 5.69 Å². The fraction of sp³-hybridized carbons (Fsp3) is 0.684. The van der Waals surface area contributed by atoms with Crippen molar-refractivity contribution >= 4 is 5.69 Å². The Labute approximate surface area is 131 Å². The van der Waals surface area contributed by atoms with Gasteiger partial charge in [0.1, 0.15) is 0 Å². The lowest BCUT2D eigenvalue weighted by molar-refractivity contribution is 0.644. The zero-order chi connectivity index (χ0) is 15.7. The summed E-state index contributed by atoms with van der Waals surface area (Å²) in [5.41, 5.74) is 10.3. The van der Waals surface area contributed by atoms with E-state index in [1.165, 1.54) is 55.6 Å². The Morgan fingerprint density at radius 2 is 1.67 bits per heavy atom. The van der Waals surface area contributed by atoms with Crippen LogP contribution in [0.15, 0.2) is 18.2 Å². The van der Waals surface area contributed by atoms with Gasteiger partial charge in [-0.2, -0.15) is 0 Å². The third-order valence-corrected chi connectivity index (χ3v) is 4.26. The van der Waals surface area contributed by atoms with Gasteiger partial charge in [0.25, 0.3) is 0 Å². The van der Waals surface area contributed by atoms with Gasteiger partial charge < -0.3 is 10.6 Å². The van der Waals surface area contributed by atoms with Gasteiger partial charge in [0.05, 0.1) is 0 Å². The van der Waals surface area contributed by atoms with Crippen LogP contribution in [0.5, 0.6) is 0 Å². The van der Waals surface area contributed by atoms with E-state index in [0.717, 1.165) is 12.8 Å².